The van der Waals surface area contributed by atoms with Gasteiger partial charge in [0.05, 0.1) is 9.50 Å². The molecule has 2 N–H and O–H groups in total. The van der Waals surface area contributed by atoms with Crippen molar-refractivity contribution in [2.75, 3.05) is 0 Å². The molecule has 20 heavy (non-hydrogen) atoms. The maximum Gasteiger partial charge on any atom is 0.138 e. The Morgan fingerprint density at radius 2 is 2.05 bits per heavy atom. The Labute approximate surface area is 134 Å². The van der Waals surface area contributed by atoms with E-state index in [0.717, 1.165) is 5.56 Å². The first-order chi connectivity index (χ1) is 9.47. The number of nitrogens with two attached hydrogens (primary N) is 1. The maximum absolute atomic E-state index is 13.1. The van der Waals surface area contributed by atoms with Crippen molar-refractivity contribution >= 4 is 44.7 Å². The minimum absolute atomic E-state index is 0.279. The summed E-state index contributed by atoms with van der Waals surface area (Å²) >= 11 is 14.1. The summed E-state index contributed by atoms with van der Waals surface area (Å²) in [6.07, 6.45) is 0. The van der Waals surface area contributed by atoms with Gasteiger partial charge in [-0.05, 0) is 51.8 Å². The molecule has 0 aromatic heterocycles. The fourth-order valence-electron chi connectivity index (χ4n) is 1.56. The molecule has 0 radical (unpaired) electrons. The van der Waals surface area contributed by atoms with Crippen LogP contribution in [-0.4, -0.2) is 4.99 Å². The second-order valence-electron chi connectivity index (χ2n) is 4.05. The van der Waals surface area contributed by atoms with Gasteiger partial charge in [-0.25, -0.2) is 4.39 Å². The number of halogens is 3. The zero-order chi connectivity index (χ0) is 14.7. The zero-order valence-corrected chi connectivity index (χ0v) is 13.4. The van der Waals surface area contributed by atoms with Crippen LogP contribution in [0.4, 0.5) is 4.39 Å². The molecule has 0 amide bonds. The predicted molar refractivity (Wildman–Crippen MR) is 85.8 cm³/mol. The molecule has 104 valence electrons. The molecule has 0 bridgehead atoms. The summed E-state index contributed by atoms with van der Waals surface area (Å²) in [6, 6.07) is 9.78. The van der Waals surface area contributed by atoms with Crippen LogP contribution in [0.5, 0.6) is 5.75 Å². The normalized spacial score (nSPS) is 10.3. The van der Waals surface area contributed by atoms with Gasteiger partial charge < -0.3 is 10.5 Å². The van der Waals surface area contributed by atoms with E-state index in [1.807, 2.05) is 0 Å². The van der Waals surface area contributed by atoms with E-state index in [1.54, 1.807) is 30.3 Å². The molecule has 0 aliphatic carbocycles. The second-order valence-corrected chi connectivity index (χ2v) is 5.75. The molecular weight excluding hydrogens is 365 g/mol. The van der Waals surface area contributed by atoms with Gasteiger partial charge in [-0.2, -0.15) is 0 Å². The minimum Gasteiger partial charge on any atom is -0.487 e. The van der Waals surface area contributed by atoms with Gasteiger partial charge in [0.15, 0.2) is 0 Å². The van der Waals surface area contributed by atoms with Crippen molar-refractivity contribution in [2.45, 2.75) is 6.61 Å². The van der Waals surface area contributed by atoms with Crippen LogP contribution in [0.2, 0.25) is 5.02 Å². The van der Waals surface area contributed by atoms with E-state index in [0.29, 0.717) is 20.8 Å². The first-order valence-corrected chi connectivity index (χ1v) is 7.21. The molecule has 2 aromatic carbocycles. The first kappa shape index (κ1) is 15.2. The van der Waals surface area contributed by atoms with Crippen molar-refractivity contribution in [1.29, 1.82) is 0 Å². The van der Waals surface area contributed by atoms with Crippen molar-refractivity contribution < 1.29 is 9.13 Å². The fraction of sp³-hybridized carbons (Fsp3) is 0.0714. The van der Waals surface area contributed by atoms with E-state index < -0.39 is 0 Å². The van der Waals surface area contributed by atoms with Crippen LogP contribution in [0.1, 0.15) is 11.1 Å². The average Bonchev–Trinajstić information content (AvgIpc) is 2.41. The lowest BCUT2D eigenvalue weighted by Gasteiger charge is -2.09. The van der Waals surface area contributed by atoms with Crippen LogP contribution in [0.3, 0.4) is 0 Å². The highest BCUT2D eigenvalue weighted by Gasteiger charge is 2.06. The second kappa shape index (κ2) is 6.52. The number of ether oxygens (including phenoxy) is 1. The predicted octanol–water partition coefficient (Wildman–Crippen LogP) is 4.45. The molecule has 0 aliphatic rings. The van der Waals surface area contributed by atoms with Crippen molar-refractivity contribution in [3.8, 4) is 5.75 Å². The molecule has 0 heterocycles. The molecule has 0 fully saturated rings. The number of hydrogen-bond acceptors (Lipinski definition) is 2. The summed E-state index contributed by atoms with van der Waals surface area (Å²) in [6.45, 7) is 0.283. The summed E-state index contributed by atoms with van der Waals surface area (Å²) in [5, 5.41) is 0.427. The SMILES string of the molecule is NC(=S)c1ccc(OCc2ccc(F)c(Br)c2)c(Cl)c1. The summed E-state index contributed by atoms with van der Waals surface area (Å²) in [4.78, 5) is 0.279. The van der Waals surface area contributed by atoms with E-state index in [4.69, 9.17) is 34.3 Å². The molecule has 2 rings (SSSR count). The zero-order valence-electron chi connectivity index (χ0n) is 10.2. The standard InChI is InChI=1S/C14H10BrClFNOS/c15-10-5-8(1-3-12(10)17)7-19-13-4-2-9(14(18)20)6-11(13)16/h1-6H,7H2,(H2,18,20). The van der Waals surface area contributed by atoms with Crippen LogP contribution in [0, 0.1) is 5.82 Å². The summed E-state index contributed by atoms with van der Waals surface area (Å²) in [5.41, 5.74) is 7.03. The van der Waals surface area contributed by atoms with Gasteiger partial charge in [-0.3, -0.25) is 0 Å². The number of benzene rings is 2. The topological polar surface area (TPSA) is 35.2 Å². The molecule has 0 atom stereocenters. The highest BCUT2D eigenvalue weighted by Crippen LogP contribution is 2.27. The minimum atomic E-state index is -0.312. The largest absolute Gasteiger partial charge is 0.487 e. The highest BCUT2D eigenvalue weighted by molar-refractivity contribution is 9.10. The van der Waals surface area contributed by atoms with Crippen LogP contribution in [-0.2, 0) is 6.61 Å². The quantitative estimate of drug-likeness (QED) is 0.803. The Kier molecular flexibility index (Phi) is 4.96. The molecular formula is C14H10BrClFNOS. The van der Waals surface area contributed by atoms with Gasteiger partial charge in [-0.1, -0.05) is 29.9 Å². The third-order valence-electron chi connectivity index (χ3n) is 2.59. The molecule has 6 heteroatoms. The molecule has 0 spiro atoms. The third-order valence-corrected chi connectivity index (χ3v) is 3.73. The molecule has 0 saturated carbocycles. The fourth-order valence-corrected chi connectivity index (χ4v) is 2.35. The Morgan fingerprint density at radius 3 is 2.65 bits per heavy atom. The van der Waals surface area contributed by atoms with Gasteiger partial charge in [0.1, 0.15) is 23.2 Å². The van der Waals surface area contributed by atoms with E-state index in [-0.39, 0.29) is 17.4 Å². The summed E-state index contributed by atoms with van der Waals surface area (Å²) in [7, 11) is 0. The van der Waals surface area contributed by atoms with Crippen molar-refractivity contribution in [2.24, 2.45) is 5.73 Å². The lowest BCUT2D eigenvalue weighted by Crippen LogP contribution is -2.09. The van der Waals surface area contributed by atoms with Crippen molar-refractivity contribution in [1.82, 2.24) is 0 Å². The van der Waals surface area contributed by atoms with Crippen molar-refractivity contribution in [3.05, 3.63) is 62.8 Å². The lowest BCUT2D eigenvalue weighted by atomic mass is 10.2. The van der Waals surface area contributed by atoms with E-state index in [9.17, 15) is 4.39 Å². The highest BCUT2D eigenvalue weighted by atomic mass is 79.9. The number of thiocarbonyl (C=S) groups is 1. The molecule has 0 saturated heterocycles. The molecule has 0 aliphatic heterocycles. The Hall–Kier alpha value is -1.17. The van der Waals surface area contributed by atoms with E-state index in [1.165, 1.54) is 6.07 Å². The van der Waals surface area contributed by atoms with E-state index in [2.05, 4.69) is 15.9 Å². The van der Waals surface area contributed by atoms with Gasteiger partial charge in [0, 0.05) is 5.56 Å². The Bertz CT molecular complexity index is 666. The summed E-state index contributed by atoms with van der Waals surface area (Å²) < 4.78 is 19.1. The van der Waals surface area contributed by atoms with Gasteiger partial charge in [-0.15, -0.1) is 0 Å². The van der Waals surface area contributed by atoms with Crippen LogP contribution < -0.4 is 10.5 Å². The van der Waals surface area contributed by atoms with Crippen LogP contribution >= 0.6 is 39.7 Å². The monoisotopic (exact) mass is 373 g/mol. The third kappa shape index (κ3) is 3.69. The lowest BCUT2D eigenvalue weighted by molar-refractivity contribution is 0.306. The summed E-state index contributed by atoms with van der Waals surface area (Å²) in [5.74, 6) is 0.208. The molecule has 2 aromatic rings. The van der Waals surface area contributed by atoms with Crippen LogP contribution in [0.25, 0.3) is 0 Å². The average molecular weight is 375 g/mol. The van der Waals surface area contributed by atoms with Crippen molar-refractivity contribution in [3.63, 3.8) is 0 Å². The first-order valence-electron chi connectivity index (χ1n) is 5.63. The number of hydrogen-bond donors (Lipinski definition) is 1. The van der Waals surface area contributed by atoms with E-state index >= 15 is 0 Å². The smallest absolute Gasteiger partial charge is 0.138 e. The Morgan fingerprint density at radius 1 is 1.30 bits per heavy atom. The van der Waals surface area contributed by atoms with Gasteiger partial charge in [0.2, 0.25) is 0 Å². The van der Waals surface area contributed by atoms with Gasteiger partial charge >= 0.3 is 0 Å². The Balaban J connectivity index is 2.10. The molecule has 0 unspecified atom stereocenters. The molecule has 2 nitrogen and oxygen atoms in total. The van der Waals surface area contributed by atoms with Crippen LogP contribution in [0.15, 0.2) is 40.9 Å². The van der Waals surface area contributed by atoms with Gasteiger partial charge in [0.25, 0.3) is 0 Å². The number of rotatable bonds is 4. The maximum atomic E-state index is 13.1.